The van der Waals surface area contributed by atoms with Crippen molar-refractivity contribution in [1.29, 1.82) is 0 Å². The molecule has 0 aliphatic rings. The average molecular weight is 295 g/mol. The number of nitrogens with zero attached hydrogens (tertiary/aromatic N) is 1. The number of aliphatic carboxylic acids is 1. The lowest BCUT2D eigenvalue weighted by atomic mass is 10.0. The molecule has 0 bridgehead atoms. The quantitative estimate of drug-likeness (QED) is 0.542. The summed E-state index contributed by atoms with van der Waals surface area (Å²) >= 11 is 0. The van der Waals surface area contributed by atoms with Crippen molar-refractivity contribution in [3.8, 4) is 0 Å². The SMILES string of the molecule is CC(NC(=O)NCc1ccccc1[N+](=O)[O-])C(C)C(=O)O. The van der Waals surface area contributed by atoms with Crippen molar-refractivity contribution in [3.63, 3.8) is 0 Å². The minimum atomic E-state index is -1.01. The van der Waals surface area contributed by atoms with Gasteiger partial charge in [0.25, 0.3) is 5.69 Å². The zero-order chi connectivity index (χ0) is 16.0. The molecule has 2 atom stereocenters. The van der Waals surface area contributed by atoms with Gasteiger partial charge in [-0.05, 0) is 13.8 Å². The van der Waals surface area contributed by atoms with Crippen LogP contribution in [0.25, 0.3) is 0 Å². The molecule has 1 aromatic rings. The Labute approximate surface area is 121 Å². The van der Waals surface area contributed by atoms with Crippen molar-refractivity contribution in [2.45, 2.75) is 26.4 Å². The van der Waals surface area contributed by atoms with Crippen LogP contribution in [0.15, 0.2) is 24.3 Å². The second-order valence-electron chi connectivity index (χ2n) is 4.63. The molecule has 21 heavy (non-hydrogen) atoms. The number of urea groups is 1. The van der Waals surface area contributed by atoms with Crippen LogP contribution in [-0.4, -0.2) is 28.1 Å². The third-order valence-electron chi connectivity index (χ3n) is 3.13. The van der Waals surface area contributed by atoms with Gasteiger partial charge in [-0.3, -0.25) is 14.9 Å². The number of rotatable bonds is 6. The molecule has 0 saturated heterocycles. The number of carboxylic acid groups (broad SMARTS) is 1. The number of nitro groups is 1. The van der Waals surface area contributed by atoms with Gasteiger partial charge in [-0.25, -0.2) is 4.79 Å². The summed E-state index contributed by atoms with van der Waals surface area (Å²) in [6.45, 7) is 3.04. The summed E-state index contributed by atoms with van der Waals surface area (Å²) in [6, 6.07) is 4.93. The van der Waals surface area contributed by atoms with E-state index in [-0.39, 0.29) is 12.2 Å². The Balaban J connectivity index is 2.58. The van der Waals surface area contributed by atoms with E-state index in [1.54, 1.807) is 19.1 Å². The second-order valence-corrected chi connectivity index (χ2v) is 4.63. The lowest BCUT2D eigenvalue weighted by molar-refractivity contribution is -0.385. The first kappa shape index (κ1) is 16.4. The molecule has 0 radical (unpaired) electrons. The molecule has 0 saturated carbocycles. The molecule has 2 unspecified atom stereocenters. The summed E-state index contributed by atoms with van der Waals surface area (Å²) in [5, 5.41) is 24.6. The number of nitrogens with one attached hydrogen (secondary N) is 2. The number of hydrogen-bond acceptors (Lipinski definition) is 4. The molecule has 0 aliphatic heterocycles. The topological polar surface area (TPSA) is 122 Å². The fourth-order valence-corrected chi connectivity index (χ4v) is 1.61. The van der Waals surface area contributed by atoms with Crippen LogP contribution in [0.3, 0.4) is 0 Å². The van der Waals surface area contributed by atoms with E-state index in [4.69, 9.17) is 5.11 Å². The second kappa shape index (κ2) is 7.22. The van der Waals surface area contributed by atoms with Gasteiger partial charge in [0, 0.05) is 17.7 Å². The Bertz CT molecular complexity index is 546. The summed E-state index contributed by atoms with van der Waals surface area (Å²) in [5.41, 5.74) is 0.293. The summed E-state index contributed by atoms with van der Waals surface area (Å²) in [6.07, 6.45) is 0. The highest BCUT2D eigenvalue weighted by atomic mass is 16.6. The van der Waals surface area contributed by atoms with Gasteiger partial charge in [0.2, 0.25) is 0 Å². The molecule has 2 amide bonds. The largest absolute Gasteiger partial charge is 0.481 e. The molecule has 1 rings (SSSR count). The lowest BCUT2D eigenvalue weighted by Gasteiger charge is -2.18. The van der Waals surface area contributed by atoms with Crippen LogP contribution < -0.4 is 10.6 Å². The third kappa shape index (κ3) is 4.75. The van der Waals surface area contributed by atoms with Crippen molar-refractivity contribution < 1.29 is 19.6 Å². The molecular weight excluding hydrogens is 278 g/mol. The molecule has 114 valence electrons. The summed E-state index contributed by atoms with van der Waals surface area (Å²) in [7, 11) is 0. The molecule has 8 nitrogen and oxygen atoms in total. The van der Waals surface area contributed by atoms with Crippen LogP contribution in [0.1, 0.15) is 19.4 Å². The molecule has 0 heterocycles. The first-order chi connectivity index (χ1) is 9.82. The zero-order valence-corrected chi connectivity index (χ0v) is 11.7. The van der Waals surface area contributed by atoms with E-state index >= 15 is 0 Å². The number of hydrogen-bond donors (Lipinski definition) is 3. The van der Waals surface area contributed by atoms with Crippen LogP contribution in [0.4, 0.5) is 10.5 Å². The first-order valence-electron chi connectivity index (χ1n) is 6.32. The zero-order valence-electron chi connectivity index (χ0n) is 11.7. The molecule has 8 heteroatoms. The van der Waals surface area contributed by atoms with E-state index in [0.717, 1.165) is 0 Å². The van der Waals surface area contributed by atoms with Crippen LogP contribution in [0, 0.1) is 16.0 Å². The van der Waals surface area contributed by atoms with E-state index < -0.39 is 28.9 Å². The van der Waals surface area contributed by atoms with Crippen LogP contribution in [-0.2, 0) is 11.3 Å². The predicted molar refractivity (Wildman–Crippen MR) is 74.7 cm³/mol. The predicted octanol–water partition coefficient (Wildman–Crippen LogP) is 1.50. The maximum absolute atomic E-state index is 11.6. The van der Waals surface area contributed by atoms with Crippen LogP contribution >= 0.6 is 0 Å². The Kier molecular flexibility index (Phi) is 5.65. The maximum atomic E-state index is 11.6. The van der Waals surface area contributed by atoms with Crippen molar-refractivity contribution in [2.75, 3.05) is 0 Å². The number of carboxylic acids is 1. The number of nitro benzene ring substituents is 1. The van der Waals surface area contributed by atoms with Gasteiger partial charge in [0.15, 0.2) is 0 Å². The van der Waals surface area contributed by atoms with Crippen molar-refractivity contribution in [3.05, 3.63) is 39.9 Å². The Morgan fingerprint density at radius 3 is 2.52 bits per heavy atom. The Hall–Kier alpha value is -2.64. The van der Waals surface area contributed by atoms with E-state index in [0.29, 0.717) is 5.56 Å². The molecule has 0 fully saturated rings. The molecule has 0 aliphatic carbocycles. The Morgan fingerprint density at radius 1 is 1.33 bits per heavy atom. The maximum Gasteiger partial charge on any atom is 0.315 e. The highest BCUT2D eigenvalue weighted by Crippen LogP contribution is 2.17. The van der Waals surface area contributed by atoms with E-state index in [2.05, 4.69) is 10.6 Å². The lowest BCUT2D eigenvalue weighted by Crippen LogP contribution is -2.45. The number of amides is 2. The third-order valence-corrected chi connectivity index (χ3v) is 3.13. The monoisotopic (exact) mass is 295 g/mol. The van der Waals surface area contributed by atoms with Crippen molar-refractivity contribution in [2.24, 2.45) is 5.92 Å². The summed E-state index contributed by atoms with van der Waals surface area (Å²) < 4.78 is 0. The van der Waals surface area contributed by atoms with Gasteiger partial charge in [0.1, 0.15) is 0 Å². The van der Waals surface area contributed by atoms with Gasteiger partial charge < -0.3 is 15.7 Å². The summed E-state index contributed by atoms with van der Waals surface area (Å²) in [4.78, 5) is 32.7. The average Bonchev–Trinajstić information content (AvgIpc) is 2.44. The van der Waals surface area contributed by atoms with Crippen LogP contribution in [0.5, 0.6) is 0 Å². The minimum Gasteiger partial charge on any atom is -0.481 e. The van der Waals surface area contributed by atoms with Gasteiger partial charge in [-0.2, -0.15) is 0 Å². The Morgan fingerprint density at radius 2 is 1.95 bits per heavy atom. The first-order valence-corrected chi connectivity index (χ1v) is 6.32. The van der Waals surface area contributed by atoms with Gasteiger partial charge in [0.05, 0.1) is 17.4 Å². The fraction of sp³-hybridized carbons (Fsp3) is 0.385. The molecule has 1 aromatic carbocycles. The van der Waals surface area contributed by atoms with E-state index in [1.165, 1.54) is 19.1 Å². The van der Waals surface area contributed by atoms with Crippen molar-refractivity contribution in [1.82, 2.24) is 10.6 Å². The number of carbonyl (C=O) groups excluding carboxylic acids is 1. The van der Waals surface area contributed by atoms with Crippen LogP contribution in [0.2, 0.25) is 0 Å². The number of para-hydroxylation sites is 1. The normalized spacial score (nSPS) is 13.0. The molecular formula is C13H17N3O5. The minimum absolute atomic E-state index is 0.0167. The molecule has 0 aromatic heterocycles. The highest BCUT2D eigenvalue weighted by Gasteiger charge is 2.21. The van der Waals surface area contributed by atoms with Crippen molar-refractivity contribution >= 4 is 17.7 Å². The van der Waals surface area contributed by atoms with Gasteiger partial charge in [-0.1, -0.05) is 18.2 Å². The fourth-order valence-electron chi connectivity index (χ4n) is 1.61. The summed E-state index contributed by atoms with van der Waals surface area (Å²) in [5.74, 6) is -1.75. The van der Waals surface area contributed by atoms with E-state index in [1.807, 2.05) is 0 Å². The molecule has 0 spiro atoms. The number of carbonyl (C=O) groups is 2. The molecule has 3 N–H and O–H groups in total. The van der Waals surface area contributed by atoms with Gasteiger partial charge >= 0.3 is 12.0 Å². The smallest absolute Gasteiger partial charge is 0.315 e. The standard InChI is InChI=1S/C13H17N3O5/c1-8(12(17)18)9(2)15-13(19)14-7-10-5-3-4-6-11(10)16(20)21/h3-6,8-9H,7H2,1-2H3,(H,17,18)(H2,14,15,19). The van der Waals surface area contributed by atoms with Gasteiger partial charge in [-0.15, -0.1) is 0 Å². The number of benzene rings is 1. The highest BCUT2D eigenvalue weighted by molar-refractivity contribution is 5.76. The van der Waals surface area contributed by atoms with E-state index in [9.17, 15) is 19.7 Å².